The first-order valence-electron chi connectivity index (χ1n) is 5.14. The summed E-state index contributed by atoms with van der Waals surface area (Å²) in [6.07, 6.45) is 2.65. The first kappa shape index (κ1) is 9.98. The molecule has 2 heterocycles. The highest BCUT2D eigenvalue weighted by Crippen LogP contribution is 2.02. The Morgan fingerprint density at radius 3 is 3.07 bits per heavy atom. The van der Waals surface area contributed by atoms with Crippen molar-refractivity contribution >= 4 is 0 Å². The Morgan fingerprint density at radius 1 is 1.47 bits per heavy atom. The number of rotatable bonds is 5. The van der Waals surface area contributed by atoms with Gasteiger partial charge in [-0.15, -0.1) is 0 Å². The van der Waals surface area contributed by atoms with Crippen LogP contribution in [0.15, 0.2) is 28.9 Å². The fraction of sp³-hybridized carbons (Fsp3) is 0.364. The van der Waals surface area contributed by atoms with Gasteiger partial charge in [-0.1, -0.05) is 6.92 Å². The van der Waals surface area contributed by atoms with Gasteiger partial charge in [0.25, 0.3) is 0 Å². The molecule has 0 aromatic carbocycles. The minimum Gasteiger partial charge on any atom is -0.468 e. The van der Waals surface area contributed by atoms with Crippen LogP contribution in [-0.4, -0.2) is 10.2 Å². The Labute approximate surface area is 88.7 Å². The zero-order valence-corrected chi connectivity index (χ0v) is 8.79. The first-order valence-corrected chi connectivity index (χ1v) is 5.14. The molecule has 2 rings (SSSR count). The quantitative estimate of drug-likeness (QED) is 0.783. The van der Waals surface area contributed by atoms with Crippen LogP contribution in [0.3, 0.4) is 0 Å². The van der Waals surface area contributed by atoms with Gasteiger partial charge in [0.1, 0.15) is 5.76 Å². The second kappa shape index (κ2) is 4.79. The normalized spacial score (nSPS) is 10.7. The molecule has 0 spiro atoms. The average Bonchev–Trinajstić information content (AvgIpc) is 2.88. The predicted molar refractivity (Wildman–Crippen MR) is 57.2 cm³/mol. The van der Waals surface area contributed by atoms with Crippen LogP contribution in [0.5, 0.6) is 0 Å². The molecule has 80 valence electrons. The number of H-pyrrole nitrogens is 1. The average molecular weight is 205 g/mol. The van der Waals surface area contributed by atoms with Gasteiger partial charge in [-0.3, -0.25) is 5.10 Å². The molecule has 0 amide bonds. The molecule has 0 aliphatic heterocycles. The van der Waals surface area contributed by atoms with E-state index in [9.17, 15) is 0 Å². The molecule has 0 aliphatic carbocycles. The predicted octanol–water partition coefficient (Wildman–Crippen LogP) is 1.85. The third-order valence-electron chi connectivity index (χ3n) is 2.24. The topological polar surface area (TPSA) is 53.9 Å². The summed E-state index contributed by atoms with van der Waals surface area (Å²) in [6, 6.07) is 5.93. The van der Waals surface area contributed by atoms with Crippen LogP contribution in [0.2, 0.25) is 0 Å². The van der Waals surface area contributed by atoms with E-state index in [2.05, 4.69) is 28.5 Å². The first-order chi connectivity index (χ1) is 7.38. The molecule has 15 heavy (non-hydrogen) atoms. The van der Waals surface area contributed by atoms with E-state index in [1.54, 1.807) is 6.26 Å². The number of aromatic nitrogens is 2. The summed E-state index contributed by atoms with van der Waals surface area (Å²) in [5.74, 6) is 0.949. The molecule has 2 aromatic heterocycles. The minimum atomic E-state index is 0.744. The van der Waals surface area contributed by atoms with E-state index in [0.29, 0.717) is 0 Å². The second-order valence-electron chi connectivity index (χ2n) is 3.42. The molecular formula is C11H15N3O. The zero-order valence-electron chi connectivity index (χ0n) is 8.79. The maximum Gasteiger partial charge on any atom is 0.117 e. The standard InChI is InChI=1S/C11H15N3O/c1-2-9-6-10(14-13-9)7-12-8-11-4-3-5-15-11/h3-6,12H,2,7-8H2,1H3,(H,13,14). The molecule has 4 heteroatoms. The van der Waals surface area contributed by atoms with Crippen molar-refractivity contribution in [2.24, 2.45) is 0 Å². The summed E-state index contributed by atoms with van der Waals surface area (Å²) in [5.41, 5.74) is 2.21. The number of aryl methyl sites for hydroxylation is 1. The van der Waals surface area contributed by atoms with E-state index in [4.69, 9.17) is 4.42 Å². The Balaban J connectivity index is 1.78. The highest BCUT2D eigenvalue weighted by Gasteiger charge is 1.99. The van der Waals surface area contributed by atoms with Crippen LogP contribution in [-0.2, 0) is 19.5 Å². The highest BCUT2D eigenvalue weighted by atomic mass is 16.3. The van der Waals surface area contributed by atoms with Gasteiger partial charge in [0, 0.05) is 12.2 Å². The zero-order chi connectivity index (χ0) is 10.5. The van der Waals surface area contributed by atoms with E-state index in [1.165, 1.54) is 0 Å². The largest absolute Gasteiger partial charge is 0.468 e. The smallest absolute Gasteiger partial charge is 0.117 e. The SMILES string of the molecule is CCc1cc(CNCc2ccco2)[nH]n1. The van der Waals surface area contributed by atoms with Crippen molar-refractivity contribution in [1.82, 2.24) is 15.5 Å². The van der Waals surface area contributed by atoms with E-state index in [1.807, 2.05) is 12.1 Å². The van der Waals surface area contributed by atoms with Crippen LogP contribution in [0.4, 0.5) is 0 Å². The summed E-state index contributed by atoms with van der Waals surface area (Å²) in [7, 11) is 0. The summed E-state index contributed by atoms with van der Waals surface area (Å²) in [4.78, 5) is 0. The number of aromatic amines is 1. The van der Waals surface area contributed by atoms with E-state index in [-0.39, 0.29) is 0 Å². The molecule has 0 unspecified atom stereocenters. The number of hydrogen-bond acceptors (Lipinski definition) is 3. The van der Waals surface area contributed by atoms with Gasteiger partial charge in [-0.2, -0.15) is 5.10 Å². The van der Waals surface area contributed by atoms with E-state index in [0.717, 1.165) is 36.7 Å². The van der Waals surface area contributed by atoms with Gasteiger partial charge >= 0.3 is 0 Å². The minimum absolute atomic E-state index is 0.744. The molecule has 2 aromatic rings. The molecule has 0 bridgehead atoms. The lowest BCUT2D eigenvalue weighted by Gasteiger charge is -1.99. The number of furan rings is 1. The van der Waals surface area contributed by atoms with Gasteiger partial charge in [-0.05, 0) is 24.6 Å². The van der Waals surface area contributed by atoms with Gasteiger partial charge in [-0.25, -0.2) is 0 Å². The van der Waals surface area contributed by atoms with Crippen LogP contribution in [0, 0.1) is 0 Å². The van der Waals surface area contributed by atoms with Crippen molar-refractivity contribution in [1.29, 1.82) is 0 Å². The third kappa shape index (κ3) is 2.70. The van der Waals surface area contributed by atoms with Gasteiger partial charge in [0.15, 0.2) is 0 Å². The summed E-state index contributed by atoms with van der Waals surface area (Å²) in [5, 5.41) is 10.4. The molecule has 2 N–H and O–H groups in total. The monoisotopic (exact) mass is 205 g/mol. The Kier molecular flexibility index (Phi) is 3.19. The molecule has 0 aliphatic rings. The van der Waals surface area contributed by atoms with Crippen molar-refractivity contribution < 1.29 is 4.42 Å². The van der Waals surface area contributed by atoms with Crippen LogP contribution < -0.4 is 5.32 Å². The summed E-state index contributed by atoms with van der Waals surface area (Å²) >= 11 is 0. The lowest BCUT2D eigenvalue weighted by molar-refractivity contribution is 0.481. The second-order valence-corrected chi connectivity index (χ2v) is 3.42. The maximum absolute atomic E-state index is 5.21. The highest BCUT2D eigenvalue weighted by molar-refractivity contribution is 5.08. The van der Waals surface area contributed by atoms with Crippen molar-refractivity contribution in [3.05, 3.63) is 41.6 Å². The summed E-state index contributed by atoms with van der Waals surface area (Å²) < 4.78 is 5.21. The lowest BCUT2D eigenvalue weighted by Crippen LogP contribution is -2.12. The molecule has 0 radical (unpaired) electrons. The Hall–Kier alpha value is -1.55. The number of nitrogens with zero attached hydrogens (tertiary/aromatic N) is 1. The maximum atomic E-state index is 5.21. The van der Waals surface area contributed by atoms with E-state index < -0.39 is 0 Å². The summed E-state index contributed by atoms with van der Waals surface area (Å²) in [6.45, 7) is 3.62. The van der Waals surface area contributed by atoms with Crippen LogP contribution in [0.25, 0.3) is 0 Å². The van der Waals surface area contributed by atoms with Crippen molar-refractivity contribution in [3.8, 4) is 0 Å². The van der Waals surface area contributed by atoms with Gasteiger partial charge < -0.3 is 9.73 Å². The number of hydrogen-bond donors (Lipinski definition) is 2. The van der Waals surface area contributed by atoms with Crippen LogP contribution >= 0.6 is 0 Å². The molecule has 0 saturated carbocycles. The molecule has 0 atom stereocenters. The Morgan fingerprint density at radius 2 is 2.40 bits per heavy atom. The molecule has 0 fully saturated rings. The number of nitrogens with one attached hydrogen (secondary N) is 2. The van der Waals surface area contributed by atoms with E-state index >= 15 is 0 Å². The fourth-order valence-corrected chi connectivity index (χ4v) is 1.41. The third-order valence-corrected chi connectivity index (χ3v) is 2.24. The fourth-order valence-electron chi connectivity index (χ4n) is 1.41. The Bertz CT molecular complexity index is 392. The van der Waals surface area contributed by atoms with Crippen molar-refractivity contribution in [3.63, 3.8) is 0 Å². The van der Waals surface area contributed by atoms with Gasteiger partial charge in [0.05, 0.1) is 18.5 Å². The van der Waals surface area contributed by atoms with Crippen molar-refractivity contribution in [2.75, 3.05) is 0 Å². The molecular weight excluding hydrogens is 190 g/mol. The lowest BCUT2D eigenvalue weighted by atomic mass is 10.3. The van der Waals surface area contributed by atoms with Crippen LogP contribution in [0.1, 0.15) is 24.1 Å². The molecule has 0 saturated heterocycles. The molecule has 4 nitrogen and oxygen atoms in total. The van der Waals surface area contributed by atoms with Gasteiger partial charge in [0.2, 0.25) is 0 Å². The van der Waals surface area contributed by atoms with Crippen molar-refractivity contribution in [2.45, 2.75) is 26.4 Å².